The minimum atomic E-state index is -0.317. The Bertz CT molecular complexity index is 913. The van der Waals surface area contributed by atoms with Crippen molar-refractivity contribution in [2.24, 2.45) is 0 Å². The Balaban J connectivity index is 1.34. The van der Waals surface area contributed by atoms with Crippen LogP contribution in [0, 0.1) is 6.92 Å². The van der Waals surface area contributed by atoms with Crippen LogP contribution in [0.3, 0.4) is 0 Å². The molecule has 2 aliphatic rings. The summed E-state index contributed by atoms with van der Waals surface area (Å²) in [6.45, 7) is 4.96. The van der Waals surface area contributed by atoms with Gasteiger partial charge in [-0.15, -0.1) is 0 Å². The third-order valence-corrected chi connectivity index (χ3v) is 6.16. The molecule has 0 spiro atoms. The van der Waals surface area contributed by atoms with Crippen molar-refractivity contribution >= 4 is 17.7 Å². The smallest absolute Gasteiger partial charge is 0.261 e. The highest BCUT2D eigenvalue weighted by Gasteiger charge is 2.35. The summed E-state index contributed by atoms with van der Waals surface area (Å²) in [7, 11) is 0. The van der Waals surface area contributed by atoms with Crippen molar-refractivity contribution in [3.63, 3.8) is 0 Å². The molecule has 2 aliphatic heterocycles. The third-order valence-electron chi connectivity index (χ3n) is 6.16. The predicted molar refractivity (Wildman–Crippen MR) is 113 cm³/mol. The molecule has 156 valence electrons. The fourth-order valence-corrected chi connectivity index (χ4v) is 4.43. The van der Waals surface area contributed by atoms with Crippen molar-refractivity contribution in [1.82, 2.24) is 10.2 Å². The van der Waals surface area contributed by atoms with Crippen LogP contribution >= 0.6 is 0 Å². The van der Waals surface area contributed by atoms with E-state index in [-0.39, 0.29) is 36.7 Å². The molecule has 2 aromatic rings. The molecule has 1 fully saturated rings. The molecule has 6 heteroatoms. The lowest BCUT2D eigenvalue weighted by Gasteiger charge is -2.25. The summed E-state index contributed by atoms with van der Waals surface area (Å²) in [6, 6.07) is 15.5. The van der Waals surface area contributed by atoms with Crippen LogP contribution < -0.4 is 10.2 Å². The number of aryl methyl sites for hydroxylation is 1. The molecule has 0 aromatic heterocycles. The van der Waals surface area contributed by atoms with Crippen LogP contribution in [0.2, 0.25) is 0 Å². The number of likely N-dealkylation sites (tertiary alicyclic amines) is 1. The van der Waals surface area contributed by atoms with E-state index in [9.17, 15) is 14.4 Å². The summed E-state index contributed by atoms with van der Waals surface area (Å²) < 4.78 is 0. The van der Waals surface area contributed by atoms with Crippen LogP contribution in [0.4, 0.5) is 0 Å². The molecule has 2 heterocycles. The molecule has 0 unspecified atom stereocenters. The van der Waals surface area contributed by atoms with Crippen LogP contribution in [0.15, 0.2) is 48.5 Å². The van der Waals surface area contributed by atoms with Gasteiger partial charge in [0.15, 0.2) is 0 Å². The van der Waals surface area contributed by atoms with Crippen molar-refractivity contribution in [1.29, 1.82) is 0 Å². The van der Waals surface area contributed by atoms with Crippen LogP contribution in [-0.4, -0.2) is 48.8 Å². The highest BCUT2D eigenvalue weighted by Crippen LogP contribution is 2.22. The van der Waals surface area contributed by atoms with Gasteiger partial charge in [0.1, 0.15) is 6.04 Å². The molecule has 4 rings (SSSR count). The Kier molecular flexibility index (Phi) is 5.95. The zero-order valence-corrected chi connectivity index (χ0v) is 17.3. The summed E-state index contributed by atoms with van der Waals surface area (Å²) in [5.41, 5.74) is 3.29. The van der Waals surface area contributed by atoms with E-state index in [0.717, 1.165) is 13.1 Å². The van der Waals surface area contributed by atoms with Gasteiger partial charge in [0.25, 0.3) is 11.8 Å². The van der Waals surface area contributed by atoms with Gasteiger partial charge in [0.05, 0.1) is 30.8 Å². The number of benzene rings is 2. The van der Waals surface area contributed by atoms with Crippen molar-refractivity contribution in [2.45, 2.75) is 32.2 Å². The Morgan fingerprint density at radius 1 is 1.00 bits per heavy atom. The Morgan fingerprint density at radius 2 is 1.60 bits per heavy atom. The van der Waals surface area contributed by atoms with E-state index in [1.165, 1.54) is 33.8 Å². The van der Waals surface area contributed by atoms with E-state index in [0.29, 0.717) is 17.7 Å². The topological polar surface area (TPSA) is 70.9 Å². The summed E-state index contributed by atoms with van der Waals surface area (Å²) in [5, 5.41) is 3.04. The van der Waals surface area contributed by atoms with E-state index >= 15 is 0 Å². The number of amides is 3. The van der Waals surface area contributed by atoms with Crippen molar-refractivity contribution < 1.29 is 19.3 Å². The molecular weight excluding hydrogens is 378 g/mol. The van der Waals surface area contributed by atoms with Gasteiger partial charge in [0, 0.05) is 31.4 Å². The first kappa shape index (κ1) is 20.3. The van der Waals surface area contributed by atoms with E-state index in [1.807, 2.05) is 0 Å². The average Bonchev–Trinajstić information content (AvgIpc) is 3.36. The fourth-order valence-electron chi connectivity index (χ4n) is 4.43. The number of nitrogens with zero attached hydrogens (tertiary/aromatic N) is 1. The minimum Gasteiger partial charge on any atom is -0.350 e. The van der Waals surface area contributed by atoms with Crippen LogP contribution in [0.25, 0.3) is 0 Å². The lowest BCUT2D eigenvalue weighted by molar-refractivity contribution is -0.918. The molecule has 0 saturated carbocycles. The van der Waals surface area contributed by atoms with Crippen LogP contribution in [0.1, 0.15) is 57.1 Å². The number of rotatable bonds is 7. The minimum absolute atomic E-state index is 0.101. The number of imide groups is 1. The molecule has 3 amide bonds. The summed E-state index contributed by atoms with van der Waals surface area (Å²) in [6.07, 6.45) is 2.54. The maximum atomic E-state index is 12.5. The van der Waals surface area contributed by atoms with Crippen molar-refractivity contribution in [3.05, 3.63) is 70.8 Å². The first-order valence-electron chi connectivity index (χ1n) is 10.7. The SMILES string of the molecule is Cc1ccc([C@@H](CNC(=O)CCN2C(=O)c3ccccc3C2=O)[NH+]2CCCC2)cc1. The van der Waals surface area contributed by atoms with E-state index in [4.69, 9.17) is 0 Å². The molecule has 6 nitrogen and oxygen atoms in total. The molecule has 0 aliphatic carbocycles. The molecule has 0 bridgehead atoms. The maximum absolute atomic E-state index is 12.5. The second-order valence-corrected chi connectivity index (χ2v) is 8.19. The second kappa shape index (κ2) is 8.79. The van der Waals surface area contributed by atoms with Gasteiger partial charge in [-0.2, -0.15) is 0 Å². The Labute approximate surface area is 176 Å². The number of carbonyl (C=O) groups is 3. The highest BCUT2D eigenvalue weighted by atomic mass is 16.2. The number of quaternary nitrogens is 1. The van der Waals surface area contributed by atoms with Gasteiger partial charge in [-0.1, -0.05) is 42.0 Å². The average molecular weight is 407 g/mol. The zero-order valence-electron chi connectivity index (χ0n) is 17.3. The number of hydrogen-bond acceptors (Lipinski definition) is 3. The summed E-state index contributed by atoms with van der Waals surface area (Å²) >= 11 is 0. The Morgan fingerprint density at radius 3 is 2.20 bits per heavy atom. The van der Waals surface area contributed by atoms with E-state index < -0.39 is 0 Å². The van der Waals surface area contributed by atoms with Gasteiger partial charge in [0.2, 0.25) is 5.91 Å². The van der Waals surface area contributed by atoms with Gasteiger partial charge < -0.3 is 10.2 Å². The first-order chi connectivity index (χ1) is 14.5. The monoisotopic (exact) mass is 406 g/mol. The summed E-state index contributed by atoms with van der Waals surface area (Å²) in [4.78, 5) is 40.1. The standard InChI is InChI=1S/C24H27N3O3/c1-17-8-10-18(11-9-17)21(26-13-4-5-14-26)16-25-22(28)12-15-27-23(29)19-6-2-3-7-20(19)24(27)30/h2-3,6-11,21H,4-5,12-16H2,1H3,(H,25,28)/p+1/t21-/m1/s1. The normalized spacial score (nSPS) is 17.3. The predicted octanol–water partition coefficient (Wildman–Crippen LogP) is 1.52. The number of carbonyl (C=O) groups excluding carboxylic acids is 3. The van der Waals surface area contributed by atoms with Crippen LogP contribution in [-0.2, 0) is 4.79 Å². The quantitative estimate of drug-likeness (QED) is 0.685. The Hall–Kier alpha value is -2.99. The van der Waals surface area contributed by atoms with Crippen LogP contribution in [0.5, 0.6) is 0 Å². The van der Waals surface area contributed by atoms with E-state index in [1.54, 1.807) is 24.3 Å². The fraction of sp³-hybridized carbons (Fsp3) is 0.375. The zero-order chi connectivity index (χ0) is 21.1. The molecule has 30 heavy (non-hydrogen) atoms. The molecule has 2 aromatic carbocycles. The molecule has 2 N–H and O–H groups in total. The number of hydrogen-bond donors (Lipinski definition) is 2. The highest BCUT2D eigenvalue weighted by molar-refractivity contribution is 6.21. The summed E-state index contributed by atoms with van der Waals surface area (Å²) in [5.74, 6) is -0.771. The van der Waals surface area contributed by atoms with Gasteiger partial charge in [-0.3, -0.25) is 19.3 Å². The lowest BCUT2D eigenvalue weighted by Crippen LogP contribution is -3.11. The molecule has 1 atom stereocenters. The third kappa shape index (κ3) is 4.14. The molecule has 0 radical (unpaired) electrons. The lowest BCUT2D eigenvalue weighted by atomic mass is 10.0. The molecular formula is C24H28N3O3+. The van der Waals surface area contributed by atoms with E-state index in [2.05, 4.69) is 36.5 Å². The first-order valence-corrected chi connectivity index (χ1v) is 10.7. The van der Waals surface area contributed by atoms with Crippen molar-refractivity contribution in [3.8, 4) is 0 Å². The number of fused-ring (bicyclic) bond motifs is 1. The van der Waals surface area contributed by atoms with Crippen molar-refractivity contribution in [2.75, 3.05) is 26.2 Å². The van der Waals surface area contributed by atoms with Gasteiger partial charge in [-0.05, 0) is 19.1 Å². The van der Waals surface area contributed by atoms with Gasteiger partial charge in [-0.25, -0.2) is 0 Å². The maximum Gasteiger partial charge on any atom is 0.261 e. The second-order valence-electron chi connectivity index (χ2n) is 8.19. The van der Waals surface area contributed by atoms with Gasteiger partial charge >= 0.3 is 0 Å². The largest absolute Gasteiger partial charge is 0.350 e. The molecule has 1 saturated heterocycles. The number of nitrogens with one attached hydrogen (secondary N) is 2.